The minimum Gasteiger partial charge on any atom is -0.369 e. The molecule has 24 heavy (non-hydrogen) atoms. The number of hydrogen-bond donors (Lipinski definition) is 1. The van der Waals surface area contributed by atoms with E-state index < -0.39 is 34.8 Å². The number of ketones is 1. The number of halogens is 2. The lowest BCUT2D eigenvalue weighted by Gasteiger charge is -2.32. The van der Waals surface area contributed by atoms with E-state index >= 15 is 0 Å². The number of carbonyl (C=O) groups is 2. The monoisotopic (exact) mass is 339 g/mol. The molecule has 0 saturated heterocycles. The summed E-state index contributed by atoms with van der Waals surface area (Å²) in [7, 11) is 0. The summed E-state index contributed by atoms with van der Waals surface area (Å²) in [4.78, 5) is 24.7. The molecule has 0 spiro atoms. The van der Waals surface area contributed by atoms with Crippen LogP contribution in [0.2, 0.25) is 0 Å². The normalized spacial score (nSPS) is 14.5. The quantitative estimate of drug-likeness (QED) is 0.819. The Morgan fingerprint density at radius 1 is 1.08 bits per heavy atom. The molecular weight excluding hydrogens is 312 g/mol. The molecule has 2 atom stereocenters. The van der Waals surface area contributed by atoms with Gasteiger partial charge in [-0.1, -0.05) is 34.6 Å². The van der Waals surface area contributed by atoms with Crippen LogP contribution in [-0.4, -0.2) is 11.7 Å². The molecule has 0 fully saturated rings. The number of carbonyl (C=O) groups excluding carboxylic acids is 2. The van der Waals surface area contributed by atoms with Crippen molar-refractivity contribution in [1.82, 2.24) is 0 Å². The van der Waals surface area contributed by atoms with E-state index in [9.17, 15) is 18.4 Å². The highest BCUT2D eigenvalue weighted by Crippen LogP contribution is 2.33. The predicted molar refractivity (Wildman–Crippen MR) is 90.2 cm³/mol. The molecule has 1 amide bonds. The van der Waals surface area contributed by atoms with Crippen molar-refractivity contribution in [1.29, 1.82) is 0 Å². The van der Waals surface area contributed by atoms with Crippen LogP contribution in [0.15, 0.2) is 18.2 Å². The van der Waals surface area contributed by atoms with Gasteiger partial charge in [0.05, 0.1) is 0 Å². The molecule has 0 bridgehead atoms. The molecular formula is C19H27F2NO2. The van der Waals surface area contributed by atoms with Crippen molar-refractivity contribution in [2.75, 3.05) is 0 Å². The third-order valence-corrected chi connectivity index (χ3v) is 4.23. The Bertz CT molecular complexity index is 586. The molecule has 3 nitrogen and oxygen atoms in total. The lowest BCUT2D eigenvalue weighted by atomic mass is 9.70. The van der Waals surface area contributed by atoms with E-state index in [4.69, 9.17) is 5.73 Å². The number of aryl methyl sites for hydroxylation is 1. The van der Waals surface area contributed by atoms with Gasteiger partial charge in [-0.05, 0) is 36.5 Å². The highest BCUT2D eigenvalue weighted by atomic mass is 19.1. The van der Waals surface area contributed by atoms with Gasteiger partial charge in [0.1, 0.15) is 17.4 Å². The maximum absolute atomic E-state index is 13.3. The molecule has 0 heterocycles. The molecule has 1 aromatic carbocycles. The number of rotatable bonds is 7. The van der Waals surface area contributed by atoms with Gasteiger partial charge in [0.2, 0.25) is 5.91 Å². The molecule has 1 rings (SSSR count). The molecule has 0 aliphatic heterocycles. The molecule has 0 aliphatic rings. The van der Waals surface area contributed by atoms with Crippen molar-refractivity contribution < 1.29 is 18.4 Å². The van der Waals surface area contributed by atoms with Crippen LogP contribution in [0.5, 0.6) is 0 Å². The Hall–Kier alpha value is -1.78. The highest BCUT2D eigenvalue weighted by Gasteiger charge is 2.39. The van der Waals surface area contributed by atoms with Gasteiger partial charge in [-0.2, -0.15) is 0 Å². The van der Waals surface area contributed by atoms with Crippen LogP contribution in [0, 0.1) is 34.8 Å². The number of primary amides is 1. The summed E-state index contributed by atoms with van der Waals surface area (Å²) in [6.45, 7) is 9.19. The number of Topliss-reactive ketones (excluding diaryl/α,β-unsaturated/α-hetero) is 1. The first kappa shape index (κ1) is 20.3. The third kappa shape index (κ3) is 5.39. The fraction of sp³-hybridized carbons (Fsp3) is 0.579. The van der Waals surface area contributed by atoms with Crippen LogP contribution in [0.4, 0.5) is 8.78 Å². The van der Waals surface area contributed by atoms with Gasteiger partial charge in [-0.3, -0.25) is 9.59 Å². The molecule has 0 saturated carbocycles. The summed E-state index contributed by atoms with van der Waals surface area (Å²) in [5, 5.41) is 0. The first-order valence-electron chi connectivity index (χ1n) is 8.22. The van der Waals surface area contributed by atoms with Crippen LogP contribution in [-0.2, 0) is 16.0 Å². The maximum atomic E-state index is 13.3. The topological polar surface area (TPSA) is 60.2 Å². The van der Waals surface area contributed by atoms with E-state index in [-0.39, 0.29) is 24.5 Å². The second kappa shape index (κ2) is 7.86. The van der Waals surface area contributed by atoms with E-state index in [0.29, 0.717) is 5.56 Å². The van der Waals surface area contributed by atoms with Crippen LogP contribution in [0.3, 0.4) is 0 Å². The molecule has 5 heteroatoms. The zero-order valence-corrected chi connectivity index (χ0v) is 15.0. The average Bonchev–Trinajstić information content (AvgIpc) is 2.39. The van der Waals surface area contributed by atoms with Crippen molar-refractivity contribution in [3.05, 3.63) is 35.4 Å². The van der Waals surface area contributed by atoms with Crippen LogP contribution in [0.25, 0.3) is 0 Å². The number of nitrogens with two attached hydrogens (primary N) is 1. The summed E-state index contributed by atoms with van der Waals surface area (Å²) in [5.41, 5.74) is 5.40. The molecule has 0 unspecified atom stereocenters. The fourth-order valence-corrected chi connectivity index (χ4v) is 3.03. The van der Waals surface area contributed by atoms with Crippen LogP contribution >= 0.6 is 0 Å². The summed E-state index contributed by atoms with van der Waals surface area (Å²) >= 11 is 0. The van der Waals surface area contributed by atoms with Gasteiger partial charge in [0, 0.05) is 23.3 Å². The third-order valence-electron chi connectivity index (χ3n) is 4.23. The standard InChI is InChI=1S/C19H27F2NO2/c1-11(2)16(17(23)19(3,4)5)15(18(22)24)7-6-12-8-13(20)10-14(21)9-12/h8-11,15-16H,6-7H2,1-5H3,(H2,22,24)/t15-,16+/m0/s1. The molecule has 134 valence electrons. The van der Waals surface area contributed by atoms with E-state index in [1.807, 2.05) is 34.6 Å². The molecule has 1 aromatic rings. The molecule has 2 N–H and O–H groups in total. The van der Waals surface area contributed by atoms with Crippen molar-refractivity contribution >= 4 is 11.7 Å². The second-order valence-corrected chi connectivity index (χ2v) is 7.71. The maximum Gasteiger partial charge on any atom is 0.221 e. The van der Waals surface area contributed by atoms with Crippen molar-refractivity contribution in [2.45, 2.75) is 47.5 Å². The van der Waals surface area contributed by atoms with Gasteiger partial charge >= 0.3 is 0 Å². The first-order valence-corrected chi connectivity index (χ1v) is 8.22. The van der Waals surface area contributed by atoms with Crippen LogP contribution in [0.1, 0.15) is 46.6 Å². The zero-order chi connectivity index (χ0) is 18.7. The zero-order valence-electron chi connectivity index (χ0n) is 15.0. The second-order valence-electron chi connectivity index (χ2n) is 7.71. The van der Waals surface area contributed by atoms with Crippen molar-refractivity contribution in [3.8, 4) is 0 Å². The smallest absolute Gasteiger partial charge is 0.221 e. The summed E-state index contributed by atoms with van der Waals surface area (Å²) in [6.07, 6.45) is 0.561. The number of amides is 1. The number of hydrogen-bond acceptors (Lipinski definition) is 2. The number of benzene rings is 1. The summed E-state index contributed by atoms with van der Waals surface area (Å²) in [6, 6.07) is 3.27. The minimum atomic E-state index is -0.664. The molecule has 0 radical (unpaired) electrons. The van der Waals surface area contributed by atoms with Gasteiger partial charge in [-0.25, -0.2) is 8.78 Å². The van der Waals surface area contributed by atoms with Gasteiger partial charge < -0.3 is 5.73 Å². The predicted octanol–water partition coefficient (Wildman–Crippen LogP) is 3.89. The Morgan fingerprint density at radius 2 is 1.58 bits per heavy atom. The Labute approximate surface area is 142 Å². The van der Waals surface area contributed by atoms with Crippen molar-refractivity contribution in [2.24, 2.45) is 28.9 Å². The Kier molecular flexibility index (Phi) is 6.64. The van der Waals surface area contributed by atoms with Crippen molar-refractivity contribution in [3.63, 3.8) is 0 Å². The van der Waals surface area contributed by atoms with Gasteiger partial charge in [0.15, 0.2) is 0 Å². The van der Waals surface area contributed by atoms with E-state index in [2.05, 4.69) is 0 Å². The first-order chi connectivity index (χ1) is 10.9. The van der Waals surface area contributed by atoms with E-state index in [1.165, 1.54) is 12.1 Å². The average molecular weight is 339 g/mol. The summed E-state index contributed by atoms with van der Waals surface area (Å²) in [5.74, 6) is -3.13. The molecule has 0 aliphatic carbocycles. The largest absolute Gasteiger partial charge is 0.369 e. The Morgan fingerprint density at radius 3 is 1.96 bits per heavy atom. The van der Waals surface area contributed by atoms with E-state index in [1.54, 1.807) is 0 Å². The Balaban J connectivity index is 3.03. The highest BCUT2D eigenvalue weighted by molar-refractivity contribution is 5.91. The fourth-order valence-electron chi connectivity index (χ4n) is 3.03. The molecule has 0 aromatic heterocycles. The van der Waals surface area contributed by atoms with Gasteiger partial charge in [0.25, 0.3) is 0 Å². The van der Waals surface area contributed by atoms with E-state index in [0.717, 1.165) is 6.07 Å². The van der Waals surface area contributed by atoms with Crippen LogP contribution < -0.4 is 5.73 Å². The SMILES string of the molecule is CC(C)[C@@H](C(=O)C(C)(C)C)[C@H](CCc1cc(F)cc(F)c1)C(N)=O. The summed E-state index contributed by atoms with van der Waals surface area (Å²) < 4.78 is 26.6. The lowest BCUT2D eigenvalue weighted by Crippen LogP contribution is -2.42. The minimum absolute atomic E-state index is 0.0216. The van der Waals surface area contributed by atoms with Gasteiger partial charge in [-0.15, -0.1) is 0 Å². The lowest BCUT2D eigenvalue weighted by molar-refractivity contribution is -0.139.